The van der Waals surface area contributed by atoms with E-state index in [0.29, 0.717) is 71.5 Å². The SMILES string of the molecule is CC(C)(C)c1nc(-c2ccc(C(=O)N3CCN(c4nc5nc(Cl)ccc5o4)CC3)cn2)no1. The molecule has 0 unspecified atom stereocenters. The third-order valence-electron chi connectivity index (χ3n) is 5.35. The molecular formula is C22H22ClN7O3. The standard InChI is InChI=1S/C22H22ClN7O3/c1-22(2,3)20-26-17(28-33-20)14-5-4-13(12-24-14)19(31)29-8-10-30(11-9-29)21-27-18-15(32-21)6-7-16(23)25-18/h4-7,12H,8-11H2,1-3H3. The predicted octanol–water partition coefficient (Wildman–Crippen LogP) is 3.58. The van der Waals surface area contributed by atoms with Gasteiger partial charge < -0.3 is 18.7 Å². The lowest BCUT2D eigenvalue weighted by Crippen LogP contribution is -2.49. The number of piperazine rings is 1. The average molecular weight is 468 g/mol. The van der Waals surface area contributed by atoms with Crippen molar-refractivity contribution in [2.45, 2.75) is 26.2 Å². The first kappa shape index (κ1) is 21.3. The molecule has 11 heteroatoms. The van der Waals surface area contributed by atoms with Crippen molar-refractivity contribution >= 4 is 34.8 Å². The summed E-state index contributed by atoms with van der Waals surface area (Å²) in [7, 11) is 0. The Bertz CT molecular complexity index is 1300. The van der Waals surface area contributed by atoms with Crippen molar-refractivity contribution in [3.63, 3.8) is 0 Å². The van der Waals surface area contributed by atoms with E-state index in [1.165, 1.54) is 0 Å². The van der Waals surface area contributed by atoms with Gasteiger partial charge >= 0.3 is 0 Å². The first-order valence-corrected chi connectivity index (χ1v) is 10.9. The normalized spacial score (nSPS) is 14.8. The van der Waals surface area contributed by atoms with Gasteiger partial charge in [0, 0.05) is 37.8 Å². The van der Waals surface area contributed by atoms with Gasteiger partial charge in [0.1, 0.15) is 10.8 Å². The number of nitrogens with zero attached hydrogens (tertiary/aromatic N) is 7. The summed E-state index contributed by atoms with van der Waals surface area (Å²) >= 11 is 5.92. The summed E-state index contributed by atoms with van der Waals surface area (Å²) < 4.78 is 11.1. The number of carbonyl (C=O) groups excluding carboxylic acids is 1. The van der Waals surface area contributed by atoms with Gasteiger partial charge in [0.15, 0.2) is 5.58 Å². The number of carbonyl (C=O) groups is 1. The highest BCUT2D eigenvalue weighted by molar-refractivity contribution is 6.29. The maximum absolute atomic E-state index is 13.0. The number of hydrogen-bond acceptors (Lipinski definition) is 9. The Morgan fingerprint density at radius 3 is 2.48 bits per heavy atom. The summed E-state index contributed by atoms with van der Waals surface area (Å²) in [6.45, 7) is 8.25. The van der Waals surface area contributed by atoms with E-state index in [4.69, 9.17) is 20.5 Å². The van der Waals surface area contributed by atoms with E-state index in [-0.39, 0.29) is 11.3 Å². The number of oxazole rings is 1. The lowest BCUT2D eigenvalue weighted by Gasteiger charge is -2.33. The monoisotopic (exact) mass is 467 g/mol. The van der Waals surface area contributed by atoms with Crippen LogP contribution in [0.4, 0.5) is 6.01 Å². The van der Waals surface area contributed by atoms with Crippen LogP contribution in [0.3, 0.4) is 0 Å². The molecule has 10 nitrogen and oxygen atoms in total. The van der Waals surface area contributed by atoms with E-state index < -0.39 is 0 Å². The number of amides is 1. The summed E-state index contributed by atoms with van der Waals surface area (Å²) in [6, 6.07) is 7.36. The summed E-state index contributed by atoms with van der Waals surface area (Å²) in [5, 5.41) is 4.37. The number of aromatic nitrogens is 5. The van der Waals surface area contributed by atoms with Gasteiger partial charge in [-0.25, -0.2) is 4.98 Å². The van der Waals surface area contributed by atoms with E-state index in [0.717, 1.165) is 0 Å². The Morgan fingerprint density at radius 1 is 1.03 bits per heavy atom. The molecule has 4 aromatic heterocycles. The van der Waals surface area contributed by atoms with Crippen LogP contribution in [0, 0.1) is 0 Å². The van der Waals surface area contributed by atoms with Gasteiger partial charge in [-0.15, -0.1) is 0 Å². The fourth-order valence-electron chi connectivity index (χ4n) is 3.49. The fraction of sp³-hybridized carbons (Fsp3) is 0.364. The van der Waals surface area contributed by atoms with Gasteiger partial charge in [-0.1, -0.05) is 37.5 Å². The van der Waals surface area contributed by atoms with E-state index in [1.54, 1.807) is 35.4 Å². The predicted molar refractivity (Wildman–Crippen MR) is 121 cm³/mol. The van der Waals surface area contributed by atoms with Crippen LogP contribution in [0.15, 0.2) is 39.4 Å². The van der Waals surface area contributed by atoms with Crippen LogP contribution < -0.4 is 4.90 Å². The number of hydrogen-bond donors (Lipinski definition) is 0. The molecule has 33 heavy (non-hydrogen) atoms. The number of anilines is 1. The van der Waals surface area contributed by atoms with E-state index >= 15 is 0 Å². The average Bonchev–Trinajstić information content (AvgIpc) is 3.46. The third kappa shape index (κ3) is 4.25. The highest BCUT2D eigenvalue weighted by atomic mass is 35.5. The lowest BCUT2D eigenvalue weighted by atomic mass is 9.97. The number of pyridine rings is 2. The van der Waals surface area contributed by atoms with Crippen LogP contribution in [0.5, 0.6) is 0 Å². The topological polar surface area (TPSA) is 114 Å². The smallest absolute Gasteiger partial charge is 0.300 e. The molecule has 0 N–H and O–H groups in total. The second kappa shape index (κ2) is 8.11. The first-order chi connectivity index (χ1) is 15.8. The van der Waals surface area contributed by atoms with E-state index in [1.807, 2.05) is 25.7 Å². The second-order valence-electron chi connectivity index (χ2n) is 8.84. The fourth-order valence-corrected chi connectivity index (χ4v) is 3.63. The van der Waals surface area contributed by atoms with Crippen LogP contribution in [0.25, 0.3) is 22.7 Å². The van der Waals surface area contributed by atoms with E-state index in [9.17, 15) is 4.79 Å². The van der Waals surface area contributed by atoms with Crippen LogP contribution in [0.2, 0.25) is 5.15 Å². The summed E-state index contributed by atoms with van der Waals surface area (Å²) in [5.41, 5.74) is 1.87. The summed E-state index contributed by atoms with van der Waals surface area (Å²) in [4.78, 5) is 34.1. The zero-order valence-corrected chi connectivity index (χ0v) is 19.2. The van der Waals surface area contributed by atoms with E-state index in [2.05, 4.69) is 25.1 Å². The molecule has 0 spiro atoms. The summed E-state index contributed by atoms with van der Waals surface area (Å²) in [6.07, 6.45) is 1.55. The van der Waals surface area contributed by atoms with Crippen LogP contribution in [-0.2, 0) is 5.41 Å². The van der Waals surface area contributed by atoms with Crippen molar-refractivity contribution in [3.8, 4) is 11.5 Å². The molecule has 0 aliphatic carbocycles. The molecule has 0 saturated carbocycles. The van der Waals surface area contributed by atoms with Crippen LogP contribution >= 0.6 is 11.6 Å². The van der Waals surface area contributed by atoms with Crippen molar-refractivity contribution in [1.82, 2.24) is 30.0 Å². The zero-order valence-electron chi connectivity index (χ0n) is 18.4. The molecule has 0 atom stereocenters. The van der Waals surface area contributed by atoms with Crippen LogP contribution in [-0.4, -0.2) is 62.1 Å². The van der Waals surface area contributed by atoms with Gasteiger partial charge in [-0.3, -0.25) is 9.78 Å². The minimum absolute atomic E-state index is 0.0804. The molecule has 1 saturated heterocycles. The third-order valence-corrected chi connectivity index (χ3v) is 5.56. The van der Waals surface area contributed by atoms with Crippen molar-refractivity contribution < 1.29 is 13.7 Å². The van der Waals surface area contributed by atoms with Gasteiger partial charge in [0.25, 0.3) is 11.9 Å². The molecule has 5 rings (SSSR count). The molecule has 170 valence electrons. The Labute approximate surface area is 194 Å². The van der Waals surface area contributed by atoms with Crippen molar-refractivity contribution in [3.05, 3.63) is 47.1 Å². The zero-order chi connectivity index (χ0) is 23.2. The Hall–Kier alpha value is -3.53. The highest BCUT2D eigenvalue weighted by Gasteiger charge is 2.26. The van der Waals surface area contributed by atoms with Crippen molar-refractivity contribution in [2.75, 3.05) is 31.1 Å². The van der Waals surface area contributed by atoms with Gasteiger partial charge in [-0.05, 0) is 24.3 Å². The maximum Gasteiger partial charge on any atom is 0.300 e. The first-order valence-electron chi connectivity index (χ1n) is 10.6. The molecule has 0 radical (unpaired) electrons. The molecule has 1 aliphatic heterocycles. The highest BCUT2D eigenvalue weighted by Crippen LogP contribution is 2.25. The minimum Gasteiger partial charge on any atom is -0.422 e. The minimum atomic E-state index is -0.245. The molecule has 1 aliphatic rings. The quantitative estimate of drug-likeness (QED) is 0.417. The van der Waals surface area contributed by atoms with Gasteiger partial charge in [0.05, 0.1) is 5.56 Å². The Kier molecular flexibility index (Phi) is 5.24. The number of fused-ring (bicyclic) bond motifs is 1. The number of halogens is 1. The van der Waals surface area contributed by atoms with Crippen molar-refractivity contribution in [2.24, 2.45) is 0 Å². The molecule has 1 amide bonds. The molecule has 0 aromatic carbocycles. The van der Waals surface area contributed by atoms with Crippen LogP contribution in [0.1, 0.15) is 37.0 Å². The molecule has 5 heterocycles. The largest absolute Gasteiger partial charge is 0.422 e. The number of rotatable bonds is 3. The van der Waals surface area contributed by atoms with Gasteiger partial charge in [0.2, 0.25) is 17.4 Å². The Balaban J connectivity index is 1.23. The molecule has 0 bridgehead atoms. The Morgan fingerprint density at radius 2 is 1.82 bits per heavy atom. The summed E-state index contributed by atoms with van der Waals surface area (Å²) in [5.74, 6) is 0.861. The molecule has 4 aromatic rings. The molecule has 1 fully saturated rings. The lowest BCUT2D eigenvalue weighted by molar-refractivity contribution is 0.0744. The van der Waals surface area contributed by atoms with Crippen molar-refractivity contribution in [1.29, 1.82) is 0 Å². The van der Waals surface area contributed by atoms with Gasteiger partial charge in [-0.2, -0.15) is 9.97 Å². The molecular weight excluding hydrogens is 446 g/mol. The maximum atomic E-state index is 13.0. The second-order valence-corrected chi connectivity index (χ2v) is 9.22.